The van der Waals surface area contributed by atoms with Crippen LogP contribution in [0.4, 0.5) is 87.8 Å². The monoisotopic (exact) mass is 978 g/mol. The largest absolute Gasteiger partial charge is 0.461 e. The van der Waals surface area contributed by atoms with Gasteiger partial charge in [0, 0.05) is 5.56 Å². The number of hydrogen-bond acceptors (Lipinski definition) is 4. The van der Waals surface area contributed by atoms with Crippen molar-refractivity contribution in [3.8, 4) is 0 Å². The first-order valence-electron chi connectivity index (χ1n) is 18.2. The summed E-state index contributed by atoms with van der Waals surface area (Å²) in [5.74, 6) is -71.9. The van der Waals surface area contributed by atoms with Gasteiger partial charge in [-0.05, 0) is 6.42 Å². The molecule has 0 saturated heterocycles. The van der Waals surface area contributed by atoms with Gasteiger partial charge in [0.25, 0.3) is 0 Å². The lowest BCUT2D eigenvalue weighted by molar-refractivity contribution is -0.683. The molecule has 5 nitrogen and oxygen atoms in total. The average Bonchev–Trinajstić information content (AvgIpc) is 3.32. The number of aromatic nitrogens is 2. The molecule has 6 rings (SSSR count). The molecule has 0 aliphatic carbocycles. The highest BCUT2D eigenvalue weighted by Gasteiger charge is 2.52. The van der Waals surface area contributed by atoms with Crippen LogP contribution >= 0.6 is 0 Å². The highest BCUT2D eigenvalue weighted by atomic mass is 19.2. The highest BCUT2D eigenvalue weighted by molar-refractivity contribution is 7.20. The van der Waals surface area contributed by atoms with Crippen molar-refractivity contribution >= 4 is 39.7 Å². The van der Waals surface area contributed by atoms with E-state index in [-0.39, 0.29) is 18.0 Å². The molecule has 0 atom stereocenters. The number of esters is 1. The molecule has 67 heavy (non-hydrogen) atoms. The second-order valence-corrected chi connectivity index (χ2v) is 13.7. The number of Topliss-reactive ketones (excluding diaryl/α,β-unsaturated/α-hetero) is 1. The lowest BCUT2D eigenvalue weighted by atomic mass is 9.12. The molecule has 5 aromatic carbocycles. The number of ether oxygens (including phenoxy) is 1. The Balaban J connectivity index is 0.000000319. The van der Waals surface area contributed by atoms with Gasteiger partial charge in [0.05, 0.1) is 12.8 Å². The Labute approximate surface area is 360 Å². The molecular weight excluding hydrogens is 959 g/mol. The van der Waals surface area contributed by atoms with Gasteiger partial charge >= 0.3 is 5.97 Å². The zero-order chi connectivity index (χ0) is 50.1. The molecule has 0 aliphatic heterocycles. The lowest BCUT2D eigenvalue weighted by Gasteiger charge is -2.44. The topological polar surface area (TPSA) is 60.1 Å². The van der Waals surface area contributed by atoms with Crippen molar-refractivity contribution in [1.82, 2.24) is 4.98 Å². The summed E-state index contributed by atoms with van der Waals surface area (Å²) in [6, 6.07) is 9.04. The smallest absolute Gasteiger partial charge is 0.363 e. The van der Waals surface area contributed by atoms with E-state index in [1.54, 1.807) is 22.9 Å². The van der Waals surface area contributed by atoms with Crippen LogP contribution in [0.3, 0.4) is 0 Å². The van der Waals surface area contributed by atoms with Gasteiger partial charge in [-0.3, -0.25) is 4.79 Å². The van der Waals surface area contributed by atoms with E-state index in [2.05, 4.69) is 4.98 Å². The molecule has 26 heteroatoms. The molecule has 0 saturated carbocycles. The molecular formula is C41H19BF20N2O3. The fourth-order valence-corrected chi connectivity index (χ4v) is 6.77. The van der Waals surface area contributed by atoms with E-state index in [0.29, 0.717) is 12.2 Å². The molecule has 0 N–H and O–H groups in total. The Bertz CT molecular complexity index is 2580. The molecule has 0 aliphatic rings. The third-order valence-corrected chi connectivity index (χ3v) is 9.83. The van der Waals surface area contributed by atoms with Crippen molar-refractivity contribution in [2.45, 2.75) is 26.3 Å². The van der Waals surface area contributed by atoms with Crippen LogP contribution in [-0.2, 0) is 11.3 Å². The summed E-state index contributed by atoms with van der Waals surface area (Å²) in [6.07, 6.45) is -0.745. The van der Waals surface area contributed by atoms with Crippen LogP contribution in [0.25, 0.3) is 0 Å². The molecule has 0 amide bonds. The van der Waals surface area contributed by atoms with E-state index in [4.69, 9.17) is 4.74 Å². The fraction of sp³-hybridized carbons (Fsp3) is 0.122. The molecule has 1 heterocycles. The van der Waals surface area contributed by atoms with Crippen LogP contribution in [0.2, 0.25) is 0 Å². The van der Waals surface area contributed by atoms with E-state index < -0.39 is 150 Å². The van der Waals surface area contributed by atoms with E-state index in [1.807, 2.05) is 25.1 Å². The predicted molar refractivity (Wildman–Crippen MR) is 190 cm³/mol. The minimum Gasteiger partial charge on any atom is -0.461 e. The zero-order valence-electron chi connectivity index (χ0n) is 32.7. The molecule has 0 bridgehead atoms. The number of rotatable bonds is 11. The number of nitrogens with zero attached hydrogens (tertiary/aromatic N) is 2. The lowest BCUT2D eigenvalue weighted by Crippen LogP contribution is -2.81. The minimum absolute atomic E-state index is 0.0258. The first-order valence-corrected chi connectivity index (χ1v) is 18.2. The summed E-state index contributed by atoms with van der Waals surface area (Å²) in [5.41, 5.74) is -13.5. The van der Waals surface area contributed by atoms with Gasteiger partial charge in [0.2, 0.25) is 24.2 Å². The Morgan fingerprint density at radius 1 is 0.493 bits per heavy atom. The van der Waals surface area contributed by atoms with Crippen molar-refractivity contribution in [3.63, 3.8) is 0 Å². The van der Waals surface area contributed by atoms with Gasteiger partial charge in [-0.1, -0.05) is 43.7 Å². The van der Waals surface area contributed by atoms with Crippen LogP contribution in [0, 0.1) is 116 Å². The molecule has 354 valence electrons. The van der Waals surface area contributed by atoms with Crippen molar-refractivity contribution in [1.29, 1.82) is 0 Å². The molecule has 6 aromatic rings. The van der Waals surface area contributed by atoms with Crippen molar-refractivity contribution in [3.05, 3.63) is 177 Å². The number of hydrogen-bond donors (Lipinski definition) is 0. The highest BCUT2D eigenvalue weighted by Crippen LogP contribution is 2.30. The average molecular weight is 978 g/mol. The Kier molecular flexibility index (Phi) is 15.1. The van der Waals surface area contributed by atoms with E-state index >= 15 is 35.1 Å². The van der Waals surface area contributed by atoms with Crippen LogP contribution in [-0.4, -0.2) is 29.5 Å². The van der Waals surface area contributed by atoms with E-state index in [9.17, 15) is 62.3 Å². The number of halogens is 20. The number of carbonyl (C=O) groups is 2. The summed E-state index contributed by atoms with van der Waals surface area (Å²) < 4.78 is 301. The van der Waals surface area contributed by atoms with Gasteiger partial charge in [-0.25, -0.2) is 97.6 Å². The second kappa shape index (κ2) is 19.8. The van der Waals surface area contributed by atoms with Crippen molar-refractivity contribution in [2.24, 2.45) is 0 Å². The molecule has 0 radical (unpaired) electrons. The minimum atomic E-state index is -7.22. The number of unbranched alkanes of at least 4 members (excludes halogenated alkanes) is 1. The zero-order valence-corrected chi connectivity index (χ0v) is 32.7. The normalized spacial score (nSPS) is 11.4. The fourth-order valence-electron chi connectivity index (χ4n) is 6.77. The van der Waals surface area contributed by atoms with Crippen LogP contribution in [0.5, 0.6) is 0 Å². The van der Waals surface area contributed by atoms with Gasteiger partial charge in [-0.15, -0.1) is 21.9 Å². The quantitative estimate of drug-likeness (QED) is 0.0193. The Morgan fingerprint density at radius 2 is 0.806 bits per heavy atom. The van der Waals surface area contributed by atoms with Crippen molar-refractivity contribution < 1.29 is 107 Å². The molecule has 0 unspecified atom stereocenters. The summed E-state index contributed by atoms with van der Waals surface area (Å²) in [7, 11) is 0. The van der Waals surface area contributed by atoms with Gasteiger partial charge in [-0.2, -0.15) is 4.57 Å². The van der Waals surface area contributed by atoms with Gasteiger partial charge in [0.1, 0.15) is 52.7 Å². The SMILES string of the molecule is CCCCOC(=O)c1c[n+](CC(=O)c2ccccc2)ccn1.Fc1c(F)c(F)c([B-](c2c(F)c(F)c(F)c(F)c2F)(c2c(F)c(F)c(F)c(F)c2F)c2c(F)c(F)c(F)c(F)c2F)c(F)c1F. The number of ketones is 1. The van der Waals surface area contributed by atoms with Crippen LogP contribution in [0.1, 0.15) is 40.6 Å². The summed E-state index contributed by atoms with van der Waals surface area (Å²) in [6.45, 7) is 2.56. The predicted octanol–water partition coefficient (Wildman–Crippen LogP) is 8.05. The molecule has 0 spiro atoms. The Hall–Kier alpha value is -7.02. The van der Waals surface area contributed by atoms with E-state index in [0.717, 1.165) is 12.8 Å². The third kappa shape index (κ3) is 8.75. The van der Waals surface area contributed by atoms with Gasteiger partial charge in [0.15, 0.2) is 76.0 Å². The Morgan fingerprint density at radius 3 is 1.12 bits per heavy atom. The van der Waals surface area contributed by atoms with Crippen LogP contribution < -0.4 is 26.4 Å². The molecule has 0 fully saturated rings. The van der Waals surface area contributed by atoms with Crippen molar-refractivity contribution in [2.75, 3.05) is 6.61 Å². The summed E-state index contributed by atoms with van der Waals surface area (Å²) in [4.78, 5) is 28.0. The second-order valence-electron chi connectivity index (χ2n) is 13.7. The third-order valence-electron chi connectivity index (χ3n) is 9.83. The van der Waals surface area contributed by atoms with E-state index in [1.165, 1.54) is 12.4 Å². The first-order chi connectivity index (χ1) is 31.4. The van der Waals surface area contributed by atoms with Crippen LogP contribution in [0.15, 0.2) is 48.9 Å². The summed E-state index contributed by atoms with van der Waals surface area (Å²) in [5, 5.41) is 0. The first kappa shape index (κ1) is 51.0. The number of carbonyl (C=O) groups excluding carboxylic acids is 2. The number of benzene rings is 5. The maximum atomic E-state index is 15.4. The maximum Gasteiger partial charge on any atom is 0.363 e. The van der Waals surface area contributed by atoms with Gasteiger partial charge < -0.3 is 4.74 Å². The summed E-state index contributed by atoms with van der Waals surface area (Å²) >= 11 is 0. The molecule has 1 aromatic heterocycles. The maximum absolute atomic E-state index is 15.4. The standard InChI is InChI=1S/C24BF20.C17H19N2O3/c26-5-1(6(27)14(35)21(42)13(5)34)25(2-7(28)15(36)22(43)16(37)8(2)29,3-9(30)17(38)23(44)18(39)10(3)31)4-11(32)19(40)24(45)20(41)12(4)33;1-2-3-11-22-17(21)15-12-19(10-9-18-15)13-16(20)14-7-5-4-6-8-14/h;4-10,12H,2-3,11,13H2,1H3/q-1;+1.